The van der Waals surface area contributed by atoms with Gasteiger partial charge in [0.1, 0.15) is 18.2 Å². The molecule has 0 radical (unpaired) electrons. The molecule has 16 heteroatoms. The number of hydrogen-bond donors (Lipinski definition) is 1. The maximum atomic E-state index is 13.8. The smallest absolute Gasteiger partial charge is 0.350 e. The summed E-state index contributed by atoms with van der Waals surface area (Å²) < 4.78 is 2.85. The van der Waals surface area contributed by atoms with Crippen LogP contribution < -0.4 is 25.7 Å². The van der Waals surface area contributed by atoms with Gasteiger partial charge < -0.3 is 9.80 Å². The summed E-state index contributed by atoms with van der Waals surface area (Å²) >= 11 is 0. The van der Waals surface area contributed by atoms with Gasteiger partial charge in [-0.3, -0.25) is 39.4 Å². The number of hydrogen-bond acceptors (Lipinski definition) is 10. The fourth-order valence-corrected chi connectivity index (χ4v) is 10.1. The first-order chi connectivity index (χ1) is 31.9. The van der Waals surface area contributed by atoms with Crippen LogP contribution in [0.1, 0.15) is 43.4 Å². The van der Waals surface area contributed by atoms with E-state index in [0.29, 0.717) is 37.6 Å². The van der Waals surface area contributed by atoms with Crippen molar-refractivity contribution in [1.82, 2.24) is 34.4 Å². The molecule has 0 saturated carbocycles. The summed E-state index contributed by atoms with van der Waals surface area (Å²) in [5, 5.41) is 6.60. The number of nitrogens with zero attached hydrogens (tertiary/aromatic N) is 10. The molecule has 3 saturated heterocycles. The molecule has 2 aromatic heterocycles. The Labute approximate surface area is 382 Å². The number of imide groups is 1. The van der Waals surface area contributed by atoms with Crippen LogP contribution in [-0.4, -0.2) is 124 Å². The number of fused-ring (bicyclic) bond motifs is 1. The van der Waals surface area contributed by atoms with Crippen molar-refractivity contribution in [2.45, 2.75) is 57.5 Å². The first kappa shape index (κ1) is 42.7. The van der Waals surface area contributed by atoms with Crippen molar-refractivity contribution in [2.75, 3.05) is 67.1 Å². The maximum absolute atomic E-state index is 13.8. The Morgan fingerprint density at radius 3 is 2.35 bits per heavy atom. The third-order valence-corrected chi connectivity index (χ3v) is 14.0. The number of carbonyl (C=O) groups is 4. The number of nitrogens with one attached hydrogen (secondary N) is 1. The van der Waals surface area contributed by atoms with Crippen LogP contribution in [0.4, 0.5) is 22.0 Å². The Balaban J connectivity index is 0.843. The number of benzene rings is 3. The normalized spacial score (nSPS) is 20.7. The van der Waals surface area contributed by atoms with Crippen LogP contribution in [0.2, 0.25) is 0 Å². The Hall–Kier alpha value is -7.20. The van der Waals surface area contributed by atoms with Gasteiger partial charge in [0.25, 0.3) is 0 Å². The van der Waals surface area contributed by atoms with E-state index in [-0.39, 0.29) is 36.0 Å². The van der Waals surface area contributed by atoms with Gasteiger partial charge in [-0.15, -0.1) is 0 Å². The van der Waals surface area contributed by atoms with Crippen LogP contribution in [0, 0.1) is 6.92 Å². The van der Waals surface area contributed by atoms with Gasteiger partial charge in [-0.05, 0) is 115 Å². The highest BCUT2D eigenvalue weighted by molar-refractivity contribution is 6.13. The number of dihydropyridines is 1. The minimum Gasteiger partial charge on any atom is -0.369 e. The van der Waals surface area contributed by atoms with Crippen LogP contribution in [0.3, 0.4) is 0 Å². The summed E-state index contributed by atoms with van der Waals surface area (Å²) in [5.41, 5.74) is 8.32. The highest BCUT2D eigenvalue weighted by atomic mass is 16.2. The number of rotatable bonds is 10. The lowest BCUT2D eigenvalue weighted by atomic mass is 9.85. The second kappa shape index (κ2) is 17.0. The van der Waals surface area contributed by atoms with Gasteiger partial charge in [0.2, 0.25) is 17.7 Å². The molecule has 5 amide bonds. The molecule has 0 bridgehead atoms. The number of allylic oxidation sites excluding steroid dienone is 1. The first-order valence-corrected chi connectivity index (χ1v) is 22.7. The van der Waals surface area contributed by atoms with E-state index in [4.69, 9.17) is 4.98 Å². The van der Waals surface area contributed by atoms with E-state index in [9.17, 15) is 24.0 Å². The molecule has 3 aromatic carbocycles. The standard InChI is InChI=1S/C50H53N11O5/c1-32-38(17-20-52-45(32)59-27-26-58(49(59)66)37-6-5-19-51-30-37)39-13-12-36(60-31-53-55(4)48(60)65)29-40(39)34-8-10-35(11-9-34)57-24-22-56(23-25-57)21-18-33-7-14-42-41(28-33)50(2,3)47(64)61(42)43-15-16-44(62)54-46(43)63/h5-14,17,19-20,28-29,31,37,43H,15-16,18,21-27,30H2,1-4H3,(H,54,62,63). The van der Waals surface area contributed by atoms with E-state index in [0.717, 1.165) is 89.5 Å². The lowest BCUT2D eigenvalue weighted by Gasteiger charge is -2.36. The molecule has 10 rings (SSSR count). The van der Waals surface area contributed by atoms with Gasteiger partial charge in [0.05, 0.1) is 23.7 Å². The van der Waals surface area contributed by atoms with E-state index in [2.05, 4.69) is 61.6 Å². The fraction of sp³-hybridized carbons (Fsp3) is 0.360. The van der Waals surface area contributed by atoms with E-state index in [1.807, 2.05) is 68.2 Å². The molecule has 2 unspecified atom stereocenters. The molecule has 338 valence electrons. The second-order valence-corrected chi connectivity index (χ2v) is 18.3. The maximum Gasteiger partial charge on any atom is 0.350 e. The number of piperidine rings is 1. The molecule has 66 heavy (non-hydrogen) atoms. The van der Waals surface area contributed by atoms with Gasteiger partial charge >= 0.3 is 11.7 Å². The predicted molar refractivity (Wildman–Crippen MR) is 253 cm³/mol. The molecule has 5 aliphatic rings. The quantitative estimate of drug-likeness (QED) is 0.197. The van der Waals surface area contributed by atoms with Crippen molar-refractivity contribution in [3.8, 4) is 27.9 Å². The van der Waals surface area contributed by atoms with Gasteiger partial charge in [0, 0.05) is 83.1 Å². The topological polar surface area (TPSA) is 162 Å². The number of carbonyl (C=O) groups excluding carboxylic acids is 4. The summed E-state index contributed by atoms with van der Waals surface area (Å²) in [7, 11) is 1.63. The number of anilines is 3. The van der Waals surface area contributed by atoms with Gasteiger partial charge in [-0.2, -0.15) is 5.10 Å². The fourth-order valence-electron chi connectivity index (χ4n) is 10.1. The zero-order valence-electron chi connectivity index (χ0n) is 37.7. The summed E-state index contributed by atoms with van der Waals surface area (Å²) in [6.45, 7) is 11.9. The van der Waals surface area contributed by atoms with Crippen molar-refractivity contribution in [1.29, 1.82) is 0 Å². The molecule has 3 fully saturated rings. The Kier molecular flexibility index (Phi) is 11.0. The van der Waals surface area contributed by atoms with E-state index in [1.165, 1.54) is 15.6 Å². The molecular weight excluding hydrogens is 835 g/mol. The van der Waals surface area contributed by atoms with Crippen LogP contribution in [-0.2, 0) is 33.3 Å². The number of amides is 5. The van der Waals surface area contributed by atoms with Gasteiger partial charge in [-0.25, -0.2) is 23.8 Å². The van der Waals surface area contributed by atoms with E-state index in [1.54, 1.807) is 29.3 Å². The minimum absolute atomic E-state index is 0.0778. The minimum atomic E-state index is -0.778. The van der Waals surface area contributed by atoms with Crippen molar-refractivity contribution < 1.29 is 19.2 Å². The summed E-state index contributed by atoms with van der Waals surface area (Å²) in [6, 6.07) is 21.9. The van der Waals surface area contributed by atoms with Gasteiger partial charge in [0.15, 0.2) is 0 Å². The number of pyridine rings is 1. The number of urea groups is 1. The summed E-state index contributed by atoms with van der Waals surface area (Å²) in [5.74, 6) is -0.203. The lowest BCUT2D eigenvalue weighted by molar-refractivity contribution is -0.136. The second-order valence-electron chi connectivity index (χ2n) is 18.3. The molecule has 2 atom stereocenters. The summed E-state index contributed by atoms with van der Waals surface area (Å²) in [4.78, 5) is 84.3. The number of aromatic nitrogens is 4. The van der Waals surface area contributed by atoms with Crippen molar-refractivity contribution in [3.63, 3.8) is 0 Å². The molecule has 7 heterocycles. The van der Waals surface area contributed by atoms with Crippen LogP contribution in [0.5, 0.6) is 0 Å². The average Bonchev–Trinajstić information content (AvgIpc) is 3.94. The van der Waals surface area contributed by atoms with Crippen LogP contribution >= 0.6 is 0 Å². The number of aryl methyl sites for hydroxylation is 1. The molecule has 5 aliphatic heterocycles. The van der Waals surface area contributed by atoms with E-state index < -0.39 is 17.4 Å². The zero-order chi connectivity index (χ0) is 45.9. The molecule has 5 aromatic rings. The molecular formula is C50H53N11O5. The van der Waals surface area contributed by atoms with E-state index >= 15 is 0 Å². The average molecular weight is 888 g/mol. The molecule has 1 N–H and O–H groups in total. The molecule has 0 aliphatic carbocycles. The molecule has 0 spiro atoms. The number of piperazine rings is 1. The Morgan fingerprint density at radius 1 is 0.833 bits per heavy atom. The van der Waals surface area contributed by atoms with Crippen LogP contribution in [0.25, 0.3) is 27.9 Å². The zero-order valence-corrected chi connectivity index (χ0v) is 37.7. The largest absolute Gasteiger partial charge is 0.369 e. The molecule has 16 nitrogen and oxygen atoms in total. The van der Waals surface area contributed by atoms with Crippen molar-refractivity contribution in [3.05, 3.63) is 119 Å². The third kappa shape index (κ3) is 7.57. The summed E-state index contributed by atoms with van der Waals surface area (Å²) in [6.07, 6.45) is 10.3. The van der Waals surface area contributed by atoms with Crippen molar-refractivity contribution in [2.24, 2.45) is 12.0 Å². The Morgan fingerprint density at radius 2 is 1.62 bits per heavy atom. The monoisotopic (exact) mass is 887 g/mol. The lowest BCUT2D eigenvalue weighted by Crippen LogP contribution is -2.55. The van der Waals surface area contributed by atoms with Gasteiger partial charge in [-0.1, -0.05) is 36.4 Å². The Bertz CT molecular complexity index is 2890. The highest BCUT2D eigenvalue weighted by Crippen LogP contribution is 2.44. The highest BCUT2D eigenvalue weighted by Gasteiger charge is 2.49. The first-order valence-electron chi connectivity index (χ1n) is 22.7. The predicted octanol–water partition coefficient (Wildman–Crippen LogP) is 4.65. The SMILES string of the molecule is Cc1c(-c2ccc(-n3cnn(C)c3=O)cc2-c2ccc(N3CCN(CCc4ccc5c(c4)C(C)(C)C(=O)N5C4CCC(=O)NC4=O)CC3)cc2)ccnc1N1CCN(C2C=CC=NC2)C1=O. The third-order valence-electron chi connectivity index (χ3n) is 14.0. The number of aliphatic imine (C=N–C) groups is 1. The van der Waals surface area contributed by atoms with Crippen LogP contribution in [0.15, 0.2) is 101 Å². The van der Waals surface area contributed by atoms with Crippen molar-refractivity contribution >= 4 is 47.2 Å².